The third-order valence-electron chi connectivity index (χ3n) is 3.37. The van der Waals surface area contributed by atoms with E-state index < -0.39 is 23.0 Å². The topological polar surface area (TPSA) is 87.4 Å². The molecule has 1 N–H and O–H groups in total. The number of carbonyl (C=O) groups is 2. The van der Waals surface area contributed by atoms with Gasteiger partial charge in [-0.25, -0.2) is 4.79 Å². The summed E-state index contributed by atoms with van der Waals surface area (Å²) in [5, 5.41) is 18.0. The monoisotopic (exact) mass is 275 g/mol. The Labute approximate surface area is 118 Å². The number of esters is 1. The van der Waals surface area contributed by atoms with Crippen molar-refractivity contribution in [3.63, 3.8) is 0 Å². The fourth-order valence-electron chi connectivity index (χ4n) is 1.93. The molecule has 1 fully saturated rings. The van der Waals surface area contributed by atoms with Gasteiger partial charge in [0.05, 0.1) is 6.07 Å². The van der Waals surface area contributed by atoms with Gasteiger partial charge in [-0.05, 0) is 32.1 Å². The Bertz CT molecular complexity index is 555. The van der Waals surface area contributed by atoms with Crippen molar-refractivity contribution in [2.45, 2.75) is 45.6 Å². The maximum Gasteiger partial charge on any atom is 0.329 e. The van der Waals surface area contributed by atoms with Crippen LogP contribution in [0, 0.1) is 28.6 Å². The molecule has 0 radical (unpaired) electrons. The standard InChI is InChI=1S/C15H17NO4/c1-4-12(9-13(18)19)5-6-14(3,20-11(2)17)15(10-16)7-8-15/h9H,4,7-8H2,1-3H3,(H,18,19)/b12-9-/t14-/m1/s1. The summed E-state index contributed by atoms with van der Waals surface area (Å²) >= 11 is 0. The van der Waals surface area contributed by atoms with Gasteiger partial charge in [-0.3, -0.25) is 4.79 Å². The lowest BCUT2D eigenvalue weighted by atomic mass is 9.87. The molecule has 0 spiro atoms. The van der Waals surface area contributed by atoms with Gasteiger partial charge < -0.3 is 9.84 Å². The van der Waals surface area contributed by atoms with Gasteiger partial charge in [-0.15, -0.1) is 0 Å². The Morgan fingerprint density at radius 1 is 1.50 bits per heavy atom. The normalized spacial score (nSPS) is 18.8. The van der Waals surface area contributed by atoms with E-state index in [9.17, 15) is 14.9 Å². The molecule has 1 saturated carbocycles. The fourth-order valence-corrected chi connectivity index (χ4v) is 1.93. The predicted molar refractivity (Wildman–Crippen MR) is 71.2 cm³/mol. The number of aliphatic carboxylic acids is 1. The average molecular weight is 275 g/mol. The molecule has 106 valence electrons. The molecular weight excluding hydrogens is 258 g/mol. The van der Waals surface area contributed by atoms with Crippen molar-refractivity contribution in [3.8, 4) is 17.9 Å². The third kappa shape index (κ3) is 3.39. The van der Waals surface area contributed by atoms with Crippen molar-refractivity contribution >= 4 is 11.9 Å². The van der Waals surface area contributed by atoms with Gasteiger partial charge in [0.15, 0.2) is 5.60 Å². The van der Waals surface area contributed by atoms with Crippen LogP contribution in [0.3, 0.4) is 0 Å². The molecule has 5 nitrogen and oxygen atoms in total. The summed E-state index contributed by atoms with van der Waals surface area (Å²) < 4.78 is 5.25. The lowest BCUT2D eigenvalue weighted by Crippen LogP contribution is -2.39. The van der Waals surface area contributed by atoms with Crippen LogP contribution in [-0.4, -0.2) is 22.6 Å². The van der Waals surface area contributed by atoms with E-state index in [2.05, 4.69) is 17.9 Å². The summed E-state index contributed by atoms with van der Waals surface area (Å²) in [7, 11) is 0. The van der Waals surface area contributed by atoms with Crippen LogP contribution in [0.25, 0.3) is 0 Å². The van der Waals surface area contributed by atoms with E-state index in [1.165, 1.54) is 6.92 Å². The van der Waals surface area contributed by atoms with Crippen molar-refractivity contribution < 1.29 is 19.4 Å². The van der Waals surface area contributed by atoms with Gasteiger partial charge in [0.2, 0.25) is 0 Å². The molecule has 0 bridgehead atoms. The quantitative estimate of drug-likeness (QED) is 0.482. The molecule has 0 aromatic carbocycles. The molecule has 0 aromatic heterocycles. The minimum Gasteiger partial charge on any atom is -0.478 e. The summed E-state index contributed by atoms with van der Waals surface area (Å²) in [6, 6.07) is 2.17. The zero-order valence-electron chi connectivity index (χ0n) is 11.8. The van der Waals surface area contributed by atoms with Gasteiger partial charge in [0, 0.05) is 18.6 Å². The van der Waals surface area contributed by atoms with Gasteiger partial charge >= 0.3 is 11.9 Å². The second-order valence-electron chi connectivity index (χ2n) is 4.93. The highest BCUT2D eigenvalue weighted by molar-refractivity contribution is 5.81. The van der Waals surface area contributed by atoms with Crippen LogP contribution in [0.4, 0.5) is 0 Å². The van der Waals surface area contributed by atoms with Gasteiger partial charge in [-0.1, -0.05) is 12.8 Å². The number of ether oxygens (including phenoxy) is 1. The SMILES string of the molecule is CC/C(C#C[C@@](C)(OC(C)=O)C1(C#N)CC1)=C/C(=O)O. The summed E-state index contributed by atoms with van der Waals surface area (Å²) in [6.45, 7) is 4.65. The average Bonchev–Trinajstić information content (AvgIpc) is 3.14. The van der Waals surface area contributed by atoms with Crippen LogP contribution in [0.15, 0.2) is 11.6 Å². The van der Waals surface area contributed by atoms with Crippen molar-refractivity contribution in [1.29, 1.82) is 5.26 Å². The number of hydrogen-bond donors (Lipinski definition) is 1. The van der Waals surface area contributed by atoms with E-state index >= 15 is 0 Å². The van der Waals surface area contributed by atoms with E-state index in [1.54, 1.807) is 13.8 Å². The summed E-state index contributed by atoms with van der Waals surface area (Å²) in [5.41, 5.74) is -1.57. The molecule has 1 rings (SSSR count). The first-order valence-corrected chi connectivity index (χ1v) is 6.36. The Morgan fingerprint density at radius 3 is 2.45 bits per heavy atom. The first-order chi connectivity index (χ1) is 9.28. The van der Waals surface area contributed by atoms with Crippen molar-refractivity contribution in [1.82, 2.24) is 0 Å². The van der Waals surface area contributed by atoms with Gasteiger partial charge in [0.1, 0.15) is 5.41 Å². The van der Waals surface area contributed by atoms with Crippen LogP contribution in [0.5, 0.6) is 0 Å². The third-order valence-corrected chi connectivity index (χ3v) is 3.37. The van der Waals surface area contributed by atoms with E-state index in [0.717, 1.165) is 6.08 Å². The Hall–Kier alpha value is -2.27. The molecule has 1 atom stereocenters. The molecule has 0 saturated heterocycles. The van der Waals surface area contributed by atoms with Crippen LogP contribution in [-0.2, 0) is 14.3 Å². The Morgan fingerprint density at radius 2 is 2.10 bits per heavy atom. The van der Waals surface area contributed by atoms with E-state index in [1.807, 2.05) is 0 Å². The second-order valence-corrected chi connectivity index (χ2v) is 4.93. The maximum atomic E-state index is 11.2. The molecular formula is C15H17NO4. The van der Waals surface area contributed by atoms with Crippen molar-refractivity contribution in [2.24, 2.45) is 5.41 Å². The molecule has 0 unspecified atom stereocenters. The van der Waals surface area contributed by atoms with Crippen LogP contribution >= 0.6 is 0 Å². The van der Waals surface area contributed by atoms with Gasteiger partial charge in [-0.2, -0.15) is 5.26 Å². The molecule has 1 aliphatic carbocycles. The summed E-state index contributed by atoms with van der Waals surface area (Å²) in [6.07, 6.45) is 2.71. The molecule has 20 heavy (non-hydrogen) atoms. The lowest BCUT2D eigenvalue weighted by molar-refractivity contribution is -0.153. The molecule has 0 aromatic rings. The fraction of sp³-hybridized carbons (Fsp3) is 0.533. The smallest absolute Gasteiger partial charge is 0.329 e. The zero-order valence-corrected chi connectivity index (χ0v) is 11.8. The highest BCUT2D eigenvalue weighted by Crippen LogP contribution is 2.55. The molecule has 0 amide bonds. The molecule has 5 heteroatoms. The first kappa shape index (κ1) is 15.8. The number of nitriles is 1. The summed E-state index contributed by atoms with van der Waals surface area (Å²) in [4.78, 5) is 21.9. The molecule has 0 aliphatic heterocycles. The Kier molecular flexibility index (Phi) is 4.57. The number of carboxylic acid groups (broad SMARTS) is 1. The number of carboxylic acids is 1. The Balaban J connectivity index is 3.13. The number of rotatable bonds is 4. The minimum atomic E-state index is -1.21. The summed E-state index contributed by atoms with van der Waals surface area (Å²) in [5.74, 6) is 3.93. The number of hydrogen-bond acceptors (Lipinski definition) is 4. The number of nitrogens with zero attached hydrogens (tertiary/aromatic N) is 1. The molecule has 1 aliphatic rings. The zero-order chi connectivity index (χ0) is 15.4. The number of carbonyl (C=O) groups excluding carboxylic acids is 1. The van der Waals surface area contributed by atoms with Crippen molar-refractivity contribution in [3.05, 3.63) is 11.6 Å². The van der Waals surface area contributed by atoms with E-state index in [-0.39, 0.29) is 0 Å². The second kappa shape index (κ2) is 5.79. The highest BCUT2D eigenvalue weighted by Gasteiger charge is 2.60. The largest absolute Gasteiger partial charge is 0.478 e. The van der Waals surface area contributed by atoms with E-state index in [0.29, 0.717) is 24.8 Å². The molecule has 0 heterocycles. The van der Waals surface area contributed by atoms with E-state index in [4.69, 9.17) is 9.84 Å². The van der Waals surface area contributed by atoms with Crippen LogP contribution in [0.2, 0.25) is 0 Å². The van der Waals surface area contributed by atoms with Crippen LogP contribution < -0.4 is 0 Å². The van der Waals surface area contributed by atoms with Crippen molar-refractivity contribution in [2.75, 3.05) is 0 Å². The maximum absolute atomic E-state index is 11.2. The highest BCUT2D eigenvalue weighted by atomic mass is 16.6. The predicted octanol–water partition coefficient (Wildman–Crippen LogP) is 2.04. The minimum absolute atomic E-state index is 0.421. The van der Waals surface area contributed by atoms with Gasteiger partial charge in [0.25, 0.3) is 0 Å². The number of allylic oxidation sites excluding steroid dienone is 1. The van der Waals surface area contributed by atoms with Crippen LogP contribution in [0.1, 0.15) is 40.0 Å². The lowest BCUT2D eigenvalue weighted by Gasteiger charge is -2.28. The first-order valence-electron chi connectivity index (χ1n) is 6.36.